The molecule has 2 heterocycles. The maximum Gasteiger partial charge on any atom is 0.269 e. The third-order valence-corrected chi connectivity index (χ3v) is 5.01. The molecule has 0 aliphatic carbocycles. The van der Waals surface area contributed by atoms with Crippen molar-refractivity contribution in [2.75, 3.05) is 13.1 Å². The number of hydrogen-bond donors (Lipinski definition) is 1. The standard InChI is InChI=1S/C19H20N4O2/c24-23(25)16-8-4-7-15(11-16)19-17-13-22(10-9-18(17)20-21-19)12-14-5-2-1-3-6-14/h1-8,11,17,19,21H,9-10,12-13H2. The van der Waals surface area contributed by atoms with Crippen LogP contribution < -0.4 is 5.43 Å². The number of nitrogens with one attached hydrogen (secondary N) is 1. The van der Waals surface area contributed by atoms with Gasteiger partial charge in [0.25, 0.3) is 5.69 Å². The summed E-state index contributed by atoms with van der Waals surface area (Å²) in [6.07, 6.45) is 0.940. The molecule has 2 aliphatic rings. The number of nitro groups is 1. The van der Waals surface area contributed by atoms with Crippen molar-refractivity contribution < 1.29 is 4.92 Å². The number of hydrazone groups is 1. The molecule has 2 aromatic carbocycles. The van der Waals surface area contributed by atoms with Gasteiger partial charge >= 0.3 is 0 Å². The fraction of sp³-hybridized carbons (Fsp3) is 0.316. The van der Waals surface area contributed by atoms with Crippen molar-refractivity contribution in [1.29, 1.82) is 0 Å². The van der Waals surface area contributed by atoms with Gasteiger partial charge in [-0.05, 0) is 11.1 Å². The van der Waals surface area contributed by atoms with Gasteiger partial charge in [-0.2, -0.15) is 5.10 Å². The number of piperidine rings is 1. The number of nitro benzene ring substituents is 1. The van der Waals surface area contributed by atoms with Gasteiger partial charge in [-0.1, -0.05) is 42.5 Å². The summed E-state index contributed by atoms with van der Waals surface area (Å²) in [4.78, 5) is 13.2. The van der Waals surface area contributed by atoms with Gasteiger partial charge in [0.15, 0.2) is 0 Å². The van der Waals surface area contributed by atoms with Crippen molar-refractivity contribution in [1.82, 2.24) is 10.3 Å². The zero-order valence-corrected chi connectivity index (χ0v) is 13.8. The van der Waals surface area contributed by atoms with Crippen molar-refractivity contribution in [3.05, 3.63) is 75.8 Å². The summed E-state index contributed by atoms with van der Waals surface area (Å²) in [6, 6.07) is 17.3. The zero-order chi connectivity index (χ0) is 17.2. The molecule has 0 saturated carbocycles. The summed E-state index contributed by atoms with van der Waals surface area (Å²) in [5.74, 6) is 0.263. The Morgan fingerprint density at radius 1 is 1.20 bits per heavy atom. The summed E-state index contributed by atoms with van der Waals surface area (Å²) in [7, 11) is 0. The Hall–Kier alpha value is -2.73. The molecule has 1 saturated heterocycles. The van der Waals surface area contributed by atoms with Crippen LogP contribution >= 0.6 is 0 Å². The van der Waals surface area contributed by atoms with Gasteiger partial charge in [0.05, 0.1) is 11.0 Å². The first kappa shape index (κ1) is 15.8. The molecule has 0 radical (unpaired) electrons. The molecule has 6 nitrogen and oxygen atoms in total. The van der Waals surface area contributed by atoms with Crippen LogP contribution in [0.3, 0.4) is 0 Å². The second-order valence-corrected chi connectivity index (χ2v) is 6.64. The molecule has 25 heavy (non-hydrogen) atoms. The fourth-order valence-electron chi connectivity index (χ4n) is 3.74. The molecule has 0 spiro atoms. The fourth-order valence-corrected chi connectivity index (χ4v) is 3.74. The first-order chi connectivity index (χ1) is 12.2. The minimum Gasteiger partial charge on any atom is -0.302 e. The van der Waals surface area contributed by atoms with E-state index >= 15 is 0 Å². The molecular weight excluding hydrogens is 316 g/mol. The largest absolute Gasteiger partial charge is 0.302 e. The number of hydrogen-bond acceptors (Lipinski definition) is 5. The van der Waals surface area contributed by atoms with Gasteiger partial charge in [-0.15, -0.1) is 0 Å². The molecule has 128 valence electrons. The van der Waals surface area contributed by atoms with Gasteiger partial charge in [0.1, 0.15) is 0 Å². The zero-order valence-electron chi connectivity index (χ0n) is 13.8. The number of non-ortho nitro benzene ring substituents is 1. The van der Waals surface area contributed by atoms with Crippen LogP contribution in [0.4, 0.5) is 5.69 Å². The van der Waals surface area contributed by atoms with Crippen molar-refractivity contribution in [3.8, 4) is 0 Å². The first-order valence-electron chi connectivity index (χ1n) is 8.53. The Kier molecular flexibility index (Phi) is 4.19. The lowest BCUT2D eigenvalue weighted by molar-refractivity contribution is -0.384. The maximum absolute atomic E-state index is 11.1. The van der Waals surface area contributed by atoms with E-state index in [-0.39, 0.29) is 22.6 Å². The summed E-state index contributed by atoms with van der Waals surface area (Å²) in [5.41, 5.74) is 6.75. The summed E-state index contributed by atoms with van der Waals surface area (Å²) >= 11 is 0. The van der Waals surface area contributed by atoms with Crippen LogP contribution in [0.15, 0.2) is 59.7 Å². The third kappa shape index (κ3) is 3.25. The van der Waals surface area contributed by atoms with Crippen LogP contribution in [0.2, 0.25) is 0 Å². The third-order valence-electron chi connectivity index (χ3n) is 5.01. The van der Waals surface area contributed by atoms with E-state index in [0.29, 0.717) is 0 Å². The highest BCUT2D eigenvalue weighted by atomic mass is 16.6. The topological polar surface area (TPSA) is 70.8 Å². The number of fused-ring (bicyclic) bond motifs is 1. The first-order valence-corrected chi connectivity index (χ1v) is 8.53. The van der Waals surface area contributed by atoms with Crippen molar-refractivity contribution in [2.45, 2.75) is 19.0 Å². The summed E-state index contributed by atoms with van der Waals surface area (Å²) in [6.45, 7) is 2.83. The van der Waals surface area contributed by atoms with Gasteiger partial charge in [0.2, 0.25) is 0 Å². The molecule has 0 amide bonds. The Morgan fingerprint density at radius 3 is 2.84 bits per heavy atom. The molecule has 0 aromatic heterocycles. The van der Waals surface area contributed by atoms with Crippen LogP contribution in [-0.2, 0) is 6.54 Å². The maximum atomic E-state index is 11.1. The second-order valence-electron chi connectivity index (χ2n) is 6.64. The lowest BCUT2D eigenvalue weighted by Crippen LogP contribution is -2.41. The Labute approximate surface area is 146 Å². The number of nitrogens with zero attached hydrogens (tertiary/aromatic N) is 3. The van der Waals surface area contributed by atoms with E-state index in [1.807, 2.05) is 12.1 Å². The molecule has 2 aromatic rings. The van der Waals surface area contributed by atoms with Crippen molar-refractivity contribution >= 4 is 11.4 Å². The molecule has 2 aliphatic heterocycles. The van der Waals surface area contributed by atoms with Gasteiger partial charge in [-0.3, -0.25) is 15.0 Å². The predicted molar refractivity (Wildman–Crippen MR) is 96.2 cm³/mol. The number of rotatable bonds is 4. The monoisotopic (exact) mass is 336 g/mol. The average Bonchev–Trinajstić information content (AvgIpc) is 3.06. The van der Waals surface area contributed by atoms with Crippen molar-refractivity contribution in [3.63, 3.8) is 0 Å². The second kappa shape index (κ2) is 6.64. The molecule has 6 heteroatoms. The summed E-state index contributed by atoms with van der Waals surface area (Å²) < 4.78 is 0. The molecule has 0 bridgehead atoms. The van der Waals surface area contributed by atoms with Crippen molar-refractivity contribution in [2.24, 2.45) is 11.0 Å². The molecule has 2 atom stereocenters. The quantitative estimate of drug-likeness (QED) is 0.688. The number of likely N-dealkylation sites (tertiary alicyclic amines) is 1. The molecule has 2 unspecified atom stereocenters. The SMILES string of the molecule is O=[N+]([O-])c1cccc(C2NN=C3CCN(Cc4ccccc4)CC32)c1. The lowest BCUT2D eigenvalue weighted by atomic mass is 9.86. The molecule has 4 rings (SSSR count). The van der Waals surface area contributed by atoms with Gasteiger partial charge in [0, 0.05) is 49.8 Å². The van der Waals surface area contributed by atoms with Gasteiger partial charge < -0.3 is 5.43 Å². The minimum absolute atomic E-state index is 0.00785. The smallest absolute Gasteiger partial charge is 0.269 e. The molecule has 1 N–H and O–H groups in total. The highest BCUT2D eigenvalue weighted by molar-refractivity contribution is 5.89. The van der Waals surface area contributed by atoms with E-state index in [4.69, 9.17) is 0 Å². The van der Waals surface area contributed by atoms with E-state index in [0.717, 1.165) is 31.6 Å². The summed E-state index contributed by atoms with van der Waals surface area (Å²) in [5, 5.41) is 15.6. The van der Waals surface area contributed by atoms with E-state index < -0.39 is 0 Å². The van der Waals surface area contributed by atoms with E-state index in [9.17, 15) is 10.1 Å². The number of benzene rings is 2. The van der Waals surface area contributed by atoms with Crippen LogP contribution in [0.25, 0.3) is 0 Å². The lowest BCUT2D eigenvalue weighted by Gasteiger charge is -2.33. The Morgan fingerprint density at radius 2 is 2.04 bits per heavy atom. The van der Waals surface area contributed by atoms with Crippen LogP contribution in [-0.4, -0.2) is 28.6 Å². The van der Waals surface area contributed by atoms with Crippen LogP contribution in [0.5, 0.6) is 0 Å². The molecular formula is C19H20N4O2. The van der Waals surface area contributed by atoms with Crippen LogP contribution in [0, 0.1) is 16.0 Å². The Balaban J connectivity index is 1.51. The average molecular weight is 336 g/mol. The highest BCUT2D eigenvalue weighted by Crippen LogP contribution is 2.34. The highest BCUT2D eigenvalue weighted by Gasteiger charge is 2.37. The van der Waals surface area contributed by atoms with E-state index in [1.54, 1.807) is 12.1 Å². The van der Waals surface area contributed by atoms with Crippen LogP contribution in [0.1, 0.15) is 23.6 Å². The van der Waals surface area contributed by atoms with E-state index in [1.165, 1.54) is 17.3 Å². The normalized spacial score (nSPS) is 22.8. The van der Waals surface area contributed by atoms with Gasteiger partial charge in [-0.25, -0.2) is 0 Å². The predicted octanol–water partition coefficient (Wildman–Crippen LogP) is 3.12. The Bertz CT molecular complexity index is 806. The van der Waals surface area contributed by atoms with E-state index in [2.05, 4.69) is 39.7 Å². The molecule has 1 fully saturated rings. The minimum atomic E-state index is -0.344.